The number of pyridine rings is 1. The van der Waals surface area contributed by atoms with Crippen LogP contribution < -0.4 is 10.1 Å². The van der Waals surface area contributed by atoms with Crippen molar-refractivity contribution in [2.75, 3.05) is 6.54 Å². The fourth-order valence-electron chi connectivity index (χ4n) is 1.79. The SMILES string of the molecule is CCn1cc(Oc2cccc(CNCC(C)C)n2)cn1. The van der Waals surface area contributed by atoms with Crippen LogP contribution in [0.25, 0.3) is 0 Å². The number of ether oxygens (including phenoxy) is 1. The molecule has 2 aromatic heterocycles. The van der Waals surface area contributed by atoms with E-state index < -0.39 is 0 Å². The molecule has 0 saturated carbocycles. The van der Waals surface area contributed by atoms with Crippen molar-refractivity contribution in [1.29, 1.82) is 0 Å². The predicted molar refractivity (Wildman–Crippen MR) is 78.8 cm³/mol. The molecular weight excluding hydrogens is 252 g/mol. The molecule has 0 fully saturated rings. The van der Waals surface area contributed by atoms with Crippen molar-refractivity contribution in [1.82, 2.24) is 20.1 Å². The monoisotopic (exact) mass is 274 g/mol. The van der Waals surface area contributed by atoms with Gasteiger partial charge in [0.05, 0.1) is 18.1 Å². The second-order valence-corrected chi connectivity index (χ2v) is 5.13. The molecule has 2 rings (SSSR count). The molecule has 2 aromatic rings. The predicted octanol–water partition coefficient (Wildman–Crippen LogP) is 2.84. The summed E-state index contributed by atoms with van der Waals surface area (Å²) in [5.74, 6) is 1.95. The minimum atomic E-state index is 0.601. The average molecular weight is 274 g/mol. The van der Waals surface area contributed by atoms with E-state index in [1.54, 1.807) is 6.20 Å². The third-order valence-corrected chi connectivity index (χ3v) is 2.80. The summed E-state index contributed by atoms with van der Waals surface area (Å²) in [5, 5.41) is 7.54. The Balaban J connectivity index is 1.95. The topological polar surface area (TPSA) is 52.0 Å². The molecule has 0 saturated heterocycles. The Labute approximate surface area is 120 Å². The van der Waals surface area contributed by atoms with Gasteiger partial charge in [-0.15, -0.1) is 0 Å². The first-order chi connectivity index (χ1) is 9.67. The van der Waals surface area contributed by atoms with Crippen molar-refractivity contribution in [3.05, 3.63) is 36.3 Å². The highest BCUT2D eigenvalue weighted by atomic mass is 16.5. The fraction of sp³-hybridized carbons (Fsp3) is 0.467. The van der Waals surface area contributed by atoms with E-state index in [9.17, 15) is 0 Å². The van der Waals surface area contributed by atoms with E-state index in [4.69, 9.17) is 4.74 Å². The van der Waals surface area contributed by atoms with E-state index in [1.807, 2.05) is 36.0 Å². The van der Waals surface area contributed by atoms with Crippen LogP contribution in [0.3, 0.4) is 0 Å². The number of hydrogen-bond donors (Lipinski definition) is 1. The van der Waals surface area contributed by atoms with E-state index in [1.165, 1.54) is 0 Å². The minimum absolute atomic E-state index is 0.601. The third-order valence-electron chi connectivity index (χ3n) is 2.80. The normalized spacial score (nSPS) is 11.0. The Kier molecular flexibility index (Phi) is 5.12. The first-order valence-corrected chi connectivity index (χ1v) is 7.04. The lowest BCUT2D eigenvalue weighted by molar-refractivity contribution is 0.457. The third kappa shape index (κ3) is 4.35. The van der Waals surface area contributed by atoms with Gasteiger partial charge < -0.3 is 10.1 Å². The number of aromatic nitrogens is 3. The average Bonchev–Trinajstić information content (AvgIpc) is 2.86. The standard InChI is InChI=1S/C15H22N4O/c1-4-19-11-14(10-17-19)20-15-7-5-6-13(18-15)9-16-8-12(2)3/h5-7,10-12,16H,4,8-9H2,1-3H3. The zero-order chi connectivity index (χ0) is 14.4. The van der Waals surface area contributed by atoms with E-state index in [0.29, 0.717) is 17.5 Å². The Morgan fingerprint density at radius 3 is 2.90 bits per heavy atom. The molecule has 5 nitrogen and oxygen atoms in total. The van der Waals surface area contributed by atoms with Gasteiger partial charge in [-0.25, -0.2) is 4.98 Å². The molecule has 20 heavy (non-hydrogen) atoms. The maximum absolute atomic E-state index is 5.71. The van der Waals surface area contributed by atoms with Gasteiger partial charge in [0.25, 0.3) is 0 Å². The number of nitrogens with zero attached hydrogens (tertiary/aromatic N) is 3. The summed E-state index contributed by atoms with van der Waals surface area (Å²) < 4.78 is 7.53. The van der Waals surface area contributed by atoms with Crippen LogP contribution in [0.15, 0.2) is 30.6 Å². The molecule has 0 aliphatic rings. The van der Waals surface area contributed by atoms with Crippen LogP contribution in [0.5, 0.6) is 11.6 Å². The van der Waals surface area contributed by atoms with Crippen LogP contribution in [0.2, 0.25) is 0 Å². The van der Waals surface area contributed by atoms with Crippen molar-refractivity contribution in [2.24, 2.45) is 5.92 Å². The zero-order valence-corrected chi connectivity index (χ0v) is 12.3. The van der Waals surface area contributed by atoms with Crippen molar-refractivity contribution in [2.45, 2.75) is 33.9 Å². The van der Waals surface area contributed by atoms with Gasteiger partial charge in [-0.1, -0.05) is 19.9 Å². The summed E-state index contributed by atoms with van der Waals surface area (Å²) in [6.45, 7) is 8.97. The second-order valence-electron chi connectivity index (χ2n) is 5.13. The van der Waals surface area contributed by atoms with Crippen molar-refractivity contribution in [3.63, 3.8) is 0 Å². The molecule has 0 spiro atoms. The fourth-order valence-corrected chi connectivity index (χ4v) is 1.79. The lowest BCUT2D eigenvalue weighted by Gasteiger charge is -2.08. The number of hydrogen-bond acceptors (Lipinski definition) is 4. The van der Waals surface area contributed by atoms with Gasteiger partial charge in [-0.05, 0) is 25.5 Å². The zero-order valence-electron chi connectivity index (χ0n) is 12.3. The first-order valence-electron chi connectivity index (χ1n) is 7.04. The molecule has 0 amide bonds. The van der Waals surface area contributed by atoms with Crippen LogP contribution in [-0.2, 0) is 13.1 Å². The molecule has 0 unspecified atom stereocenters. The van der Waals surface area contributed by atoms with E-state index in [2.05, 4.69) is 29.2 Å². The number of nitrogens with one attached hydrogen (secondary N) is 1. The van der Waals surface area contributed by atoms with Crippen molar-refractivity contribution < 1.29 is 4.74 Å². The van der Waals surface area contributed by atoms with E-state index >= 15 is 0 Å². The molecule has 2 heterocycles. The van der Waals surface area contributed by atoms with E-state index in [0.717, 1.165) is 25.3 Å². The van der Waals surface area contributed by atoms with Crippen LogP contribution in [-0.4, -0.2) is 21.3 Å². The van der Waals surface area contributed by atoms with Crippen LogP contribution in [0, 0.1) is 5.92 Å². The smallest absolute Gasteiger partial charge is 0.219 e. The Bertz CT molecular complexity index is 536. The van der Waals surface area contributed by atoms with E-state index in [-0.39, 0.29) is 0 Å². The Morgan fingerprint density at radius 2 is 2.20 bits per heavy atom. The molecule has 1 N–H and O–H groups in total. The summed E-state index contributed by atoms with van der Waals surface area (Å²) in [7, 11) is 0. The highest BCUT2D eigenvalue weighted by molar-refractivity contribution is 5.23. The quantitative estimate of drug-likeness (QED) is 0.843. The van der Waals surface area contributed by atoms with Gasteiger partial charge in [0.15, 0.2) is 5.75 Å². The lowest BCUT2D eigenvalue weighted by Crippen LogP contribution is -2.19. The van der Waals surface area contributed by atoms with Gasteiger partial charge in [-0.2, -0.15) is 5.10 Å². The molecule has 0 radical (unpaired) electrons. The summed E-state index contributed by atoms with van der Waals surface area (Å²) in [4.78, 5) is 4.48. The summed E-state index contributed by atoms with van der Waals surface area (Å²) in [6, 6.07) is 5.81. The summed E-state index contributed by atoms with van der Waals surface area (Å²) in [5.41, 5.74) is 0.978. The Hall–Kier alpha value is -1.88. The van der Waals surface area contributed by atoms with Crippen molar-refractivity contribution >= 4 is 0 Å². The largest absolute Gasteiger partial charge is 0.436 e. The summed E-state index contributed by atoms with van der Waals surface area (Å²) in [6.07, 6.45) is 3.57. The summed E-state index contributed by atoms with van der Waals surface area (Å²) >= 11 is 0. The van der Waals surface area contributed by atoms with Gasteiger partial charge in [-0.3, -0.25) is 4.68 Å². The molecule has 5 heteroatoms. The molecule has 0 aromatic carbocycles. The number of rotatable bonds is 7. The maximum Gasteiger partial charge on any atom is 0.219 e. The second kappa shape index (κ2) is 7.05. The van der Waals surface area contributed by atoms with Gasteiger partial charge in [0, 0.05) is 19.2 Å². The highest BCUT2D eigenvalue weighted by Gasteiger charge is 2.03. The highest BCUT2D eigenvalue weighted by Crippen LogP contribution is 2.18. The first kappa shape index (κ1) is 14.5. The van der Waals surface area contributed by atoms with Crippen LogP contribution in [0.1, 0.15) is 26.5 Å². The van der Waals surface area contributed by atoms with Crippen LogP contribution in [0.4, 0.5) is 0 Å². The van der Waals surface area contributed by atoms with Crippen molar-refractivity contribution in [3.8, 4) is 11.6 Å². The molecule has 0 aliphatic heterocycles. The van der Waals surface area contributed by atoms with Gasteiger partial charge >= 0.3 is 0 Å². The maximum atomic E-state index is 5.71. The lowest BCUT2D eigenvalue weighted by atomic mass is 10.2. The molecule has 0 bridgehead atoms. The van der Waals surface area contributed by atoms with Gasteiger partial charge in [0.2, 0.25) is 5.88 Å². The molecule has 0 atom stereocenters. The van der Waals surface area contributed by atoms with Gasteiger partial charge in [0.1, 0.15) is 0 Å². The minimum Gasteiger partial charge on any atom is -0.436 e. The molecular formula is C15H22N4O. The molecule has 0 aliphatic carbocycles. The number of aryl methyl sites for hydroxylation is 1. The van der Waals surface area contributed by atoms with Crippen LogP contribution >= 0.6 is 0 Å². The molecule has 108 valence electrons. The Morgan fingerprint density at radius 1 is 1.35 bits per heavy atom.